The largest absolute Gasteiger partial charge is 0.361 e. The molecule has 0 atom stereocenters. The van der Waals surface area contributed by atoms with Crippen molar-refractivity contribution in [2.24, 2.45) is 5.73 Å². The summed E-state index contributed by atoms with van der Waals surface area (Å²) in [5, 5.41) is 0. The van der Waals surface area contributed by atoms with Crippen LogP contribution in [0.15, 0.2) is 0 Å². The molecule has 0 aliphatic heterocycles. The van der Waals surface area contributed by atoms with Crippen LogP contribution < -0.4 is 5.73 Å². The fourth-order valence-electron chi connectivity index (χ4n) is 2.25. The van der Waals surface area contributed by atoms with Crippen LogP contribution in [0.25, 0.3) is 0 Å². The van der Waals surface area contributed by atoms with Crippen molar-refractivity contribution in [1.29, 1.82) is 0 Å². The molecule has 0 spiro atoms. The lowest BCUT2D eigenvalue weighted by Crippen LogP contribution is -2.43. The van der Waals surface area contributed by atoms with E-state index in [-0.39, 0.29) is 5.72 Å². The lowest BCUT2D eigenvalue weighted by molar-refractivity contribution is -0.0576. The van der Waals surface area contributed by atoms with Gasteiger partial charge in [0.05, 0.1) is 0 Å². The van der Waals surface area contributed by atoms with Gasteiger partial charge in [-0.25, -0.2) is 0 Å². The Labute approximate surface area is 115 Å². The number of hydrogen-bond donors (Lipinski definition) is 1. The molecule has 0 amide bonds. The molecule has 0 heterocycles. The van der Waals surface area contributed by atoms with E-state index >= 15 is 0 Å². The molecule has 110 valence electrons. The molecule has 0 bridgehead atoms. The summed E-state index contributed by atoms with van der Waals surface area (Å²) in [7, 11) is 0. The molecule has 0 rings (SSSR count). The van der Waals surface area contributed by atoms with Crippen molar-refractivity contribution >= 4 is 0 Å². The molecule has 0 aromatic rings. The molecule has 0 saturated carbocycles. The molecule has 0 aromatic carbocycles. The van der Waals surface area contributed by atoms with E-state index in [2.05, 4.69) is 20.8 Å². The quantitative estimate of drug-likeness (QED) is 0.372. The summed E-state index contributed by atoms with van der Waals surface area (Å²) in [4.78, 5) is 0. The molecular weight excluding hydrogens is 222 g/mol. The number of hydrogen-bond acceptors (Lipinski definition) is 2. The van der Waals surface area contributed by atoms with Crippen molar-refractivity contribution in [3.63, 3.8) is 0 Å². The maximum absolute atomic E-state index is 6.44. The van der Waals surface area contributed by atoms with Crippen LogP contribution in [0.4, 0.5) is 0 Å². The van der Waals surface area contributed by atoms with Crippen LogP contribution in [0.3, 0.4) is 0 Å². The first kappa shape index (κ1) is 17.9. The first-order chi connectivity index (χ1) is 8.68. The number of rotatable bonds is 13. The van der Waals surface area contributed by atoms with Crippen LogP contribution >= 0.6 is 0 Å². The van der Waals surface area contributed by atoms with Crippen molar-refractivity contribution in [1.82, 2.24) is 0 Å². The van der Waals surface area contributed by atoms with Gasteiger partial charge in [-0.1, -0.05) is 59.3 Å². The molecule has 0 aliphatic rings. The molecule has 18 heavy (non-hydrogen) atoms. The van der Waals surface area contributed by atoms with Gasteiger partial charge in [-0.15, -0.1) is 0 Å². The Morgan fingerprint density at radius 1 is 0.722 bits per heavy atom. The Morgan fingerprint density at radius 3 is 1.61 bits per heavy atom. The molecule has 0 radical (unpaired) electrons. The number of unbranched alkanes of at least 4 members (excludes halogenated alkanes) is 6. The maximum Gasteiger partial charge on any atom is 0.116 e. The minimum absolute atomic E-state index is 0.349. The van der Waals surface area contributed by atoms with Gasteiger partial charge in [0.25, 0.3) is 0 Å². The molecular formula is C16H35NO. The third kappa shape index (κ3) is 9.90. The van der Waals surface area contributed by atoms with Crippen LogP contribution in [-0.4, -0.2) is 12.3 Å². The zero-order valence-electron chi connectivity index (χ0n) is 13.0. The molecule has 0 aliphatic carbocycles. The molecule has 0 unspecified atom stereocenters. The Kier molecular flexibility index (Phi) is 11.9. The number of nitrogens with two attached hydrogens (primary N) is 1. The molecule has 2 heteroatoms. The second kappa shape index (κ2) is 12.0. The van der Waals surface area contributed by atoms with E-state index in [4.69, 9.17) is 10.5 Å². The predicted molar refractivity (Wildman–Crippen MR) is 80.7 cm³/mol. The van der Waals surface area contributed by atoms with Gasteiger partial charge in [-0.2, -0.15) is 0 Å². The van der Waals surface area contributed by atoms with Gasteiger partial charge in [-0.05, 0) is 32.1 Å². The maximum atomic E-state index is 6.44. The fourth-order valence-corrected chi connectivity index (χ4v) is 2.25. The Hall–Kier alpha value is -0.0800. The zero-order chi connectivity index (χ0) is 13.7. The van der Waals surface area contributed by atoms with Gasteiger partial charge in [0.1, 0.15) is 5.72 Å². The van der Waals surface area contributed by atoms with E-state index in [9.17, 15) is 0 Å². The highest BCUT2D eigenvalue weighted by atomic mass is 16.5. The predicted octanol–water partition coefficient (Wildman–Crippen LogP) is 5.01. The lowest BCUT2D eigenvalue weighted by Gasteiger charge is -2.30. The van der Waals surface area contributed by atoms with Gasteiger partial charge in [0, 0.05) is 6.61 Å². The average Bonchev–Trinajstić information content (AvgIpc) is 2.36. The van der Waals surface area contributed by atoms with Crippen molar-refractivity contribution in [2.45, 2.75) is 97.1 Å². The van der Waals surface area contributed by atoms with E-state index in [0.717, 1.165) is 25.9 Å². The minimum Gasteiger partial charge on any atom is -0.361 e. The van der Waals surface area contributed by atoms with Crippen LogP contribution in [-0.2, 0) is 4.74 Å². The second-order valence-corrected chi connectivity index (χ2v) is 5.53. The molecule has 2 nitrogen and oxygen atoms in total. The van der Waals surface area contributed by atoms with Gasteiger partial charge in [-0.3, -0.25) is 0 Å². The van der Waals surface area contributed by atoms with E-state index < -0.39 is 0 Å². The number of ether oxygens (including phenoxy) is 1. The van der Waals surface area contributed by atoms with Gasteiger partial charge >= 0.3 is 0 Å². The highest BCUT2D eigenvalue weighted by molar-refractivity contribution is 4.73. The van der Waals surface area contributed by atoms with Gasteiger partial charge < -0.3 is 10.5 Å². The third-order valence-electron chi connectivity index (χ3n) is 3.54. The Bertz CT molecular complexity index is 160. The summed E-state index contributed by atoms with van der Waals surface area (Å²) in [5.74, 6) is 0. The van der Waals surface area contributed by atoms with Crippen molar-refractivity contribution in [3.8, 4) is 0 Å². The van der Waals surface area contributed by atoms with Crippen molar-refractivity contribution in [2.75, 3.05) is 6.61 Å². The van der Waals surface area contributed by atoms with Crippen LogP contribution in [0.1, 0.15) is 91.4 Å². The molecule has 0 fully saturated rings. The van der Waals surface area contributed by atoms with Crippen molar-refractivity contribution in [3.05, 3.63) is 0 Å². The summed E-state index contributed by atoms with van der Waals surface area (Å²) in [6.45, 7) is 7.52. The smallest absolute Gasteiger partial charge is 0.116 e. The molecule has 0 aromatic heterocycles. The summed E-state index contributed by atoms with van der Waals surface area (Å²) in [6, 6.07) is 0. The first-order valence-corrected chi connectivity index (χ1v) is 8.11. The standard InChI is InChI=1S/C16H35NO/c1-4-7-10-13-16(17,14-11-8-5-2)18-15-12-9-6-3/h4-15,17H2,1-3H3. The van der Waals surface area contributed by atoms with Gasteiger partial charge in [0.2, 0.25) is 0 Å². The average molecular weight is 257 g/mol. The van der Waals surface area contributed by atoms with E-state index in [1.807, 2.05) is 0 Å². The van der Waals surface area contributed by atoms with Crippen LogP contribution in [0, 0.1) is 0 Å². The summed E-state index contributed by atoms with van der Waals surface area (Å²) < 4.78 is 6.00. The monoisotopic (exact) mass is 257 g/mol. The SMILES string of the molecule is CCCCCOC(N)(CCCCC)CCCCC. The summed E-state index contributed by atoms with van der Waals surface area (Å²) in [6.07, 6.45) is 13.1. The van der Waals surface area contributed by atoms with Crippen LogP contribution in [0.5, 0.6) is 0 Å². The second-order valence-electron chi connectivity index (χ2n) is 5.53. The Morgan fingerprint density at radius 2 is 1.17 bits per heavy atom. The van der Waals surface area contributed by atoms with E-state index in [1.165, 1.54) is 51.4 Å². The third-order valence-corrected chi connectivity index (χ3v) is 3.54. The summed E-state index contributed by atoms with van der Waals surface area (Å²) >= 11 is 0. The van der Waals surface area contributed by atoms with Gasteiger partial charge in [0.15, 0.2) is 0 Å². The minimum atomic E-state index is -0.349. The highest BCUT2D eigenvalue weighted by Gasteiger charge is 2.24. The Balaban J connectivity index is 3.95. The molecule has 2 N–H and O–H groups in total. The van der Waals surface area contributed by atoms with Crippen LogP contribution in [0.2, 0.25) is 0 Å². The lowest BCUT2D eigenvalue weighted by atomic mass is 9.98. The molecule has 0 saturated heterocycles. The van der Waals surface area contributed by atoms with E-state index in [1.54, 1.807) is 0 Å². The van der Waals surface area contributed by atoms with Crippen molar-refractivity contribution < 1.29 is 4.74 Å². The zero-order valence-corrected chi connectivity index (χ0v) is 13.0. The topological polar surface area (TPSA) is 35.2 Å². The highest BCUT2D eigenvalue weighted by Crippen LogP contribution is 2.22. The summed E-state index contributed by atoms with van der Waals surface area (Å²) in [5.41, 5.74) is 6.09. The normalized spacial score (nSPS) is 12.0. The fraction of sp³-hybridized carbons (Fsp3) is 1.00. The van der Waals surface area contributed by atoms with E-state index in [0.29, 0.717) is 0 Å². The first-order valence-electron chi connectivity index (χ1n) is 8.11.